The van der Waals surface area contributed by atoms with Gasteiger partial charge in [-0.1, -0.05) is 43.7 Å². The molecule has 0 spiro atoms. The zero-order valence-electron chi connectivity index (χ0n) is 8.63. The predicted octanol–water partition coefficient (Wildman–Crippen LogP) is 2.56. The average molecular weight is 200 g/mol. The summed E-state index contributed by atoms with van der Waals surface area (Å²) < 4.78 is 1.87. The minimum atomic E-state index is 0.791. The quantitative estimate of drug-likeness (QED) is 0.759. The molecule has 1 aromatic heterocycles. The minimum absolute atomic E-state index is 0.791. The summed E-state index contributed by atoms with van der Waals surface area (Å²) in [4.78, 5) is 4.27. The van der Waals surface area contributed by atoms with Gasteiger partial charge in [0.2, 0.25) is 0 Å². The Labute approximate surface area is 89.8 Å². The fourth-order valence-corrected chi connectivity index (χ4v) is 1.40. The van der Waals surface area contributed by atoms with E-state index in [0.29, 0.717) is 0 Å². The van der Waals surface area contributed by atoms with Crippen LogP contribution in [0.4, 0.5) is 0 Å². The van der Waals surface area contributed by atoms with Gasteiger partial charge in [0, 0.05) is 12.1 Å². The fraction of sp³-hybridized carbons (Fsp3) is 0.250. The van der Waals surface area contributed by atoms with E-state index in [1.807, 2.05) is 35.0 Å². The van der Waals surface area contributed by atoms with Gasteiger partial charge in [-0.25, -0.2) is 4.98 Å². The summed E-state index contributed by atoms with van der Waals surface area (Å²) in [6.45, 7) is 4.70. The molecule has 77 valence electrons. The molecule has 15 heavy (non-hydrogen) atoms. The Morgan fingerprint density at radius 1 is 1.20 bits per heavy atom. The highest BCUT2D eigenvalue weighted by Crippen LogP contribution is 2.12. The molecule has 1 radical (unpaired) electrons. The van der Waals surface area contributed by atoms with Crippen LogP contribution in [0.25, 0.3) is 11.4 Å². The summed E-state index contributed by atoms with van der Waals surface area (Å²) in [5, 5.41) is 4.40. The molecule has 0 bridgehead atoms. The van der Waals surface area contributed by atoms with Gasteiger partial charge < -0.3 is 0 Å². The van der Waals surface area contributed by atoms with Crippen molar-refractivity contribution < 1.29 is 0 Å². The molecule has 0 saturated carbocycles. The van der Waals surface area contributed by atoms with Crippen molar-refractivity contribution in [3.8, 4) is 11.4 Å². The first kappa shape index (κ1) is 9.90. The largest absolute Gasteiger partial charge is 0.252 e. The second-order valence-electron chi connectivity index (χ2n) is 3.40. The van der Waals surface area contributed by atoms with Crippen LogP contribution in [-0.4, -0.2) is 14.8 Å². The van der Waals surface area contributed by atoms with Crippen LogP contribution in [0.15, 0.2) is 36.7 Å². The molecule has 0 aliphatic heterocycles. The van der Waals surface area contributed by atoms with E-state index in [4.69, 9.17) is 0 Å². The third-order valence-electron chi connectivity index (χ3n) is 2.21. The maximum Gasteiger partial charge on any atom is 0.181 e. The molecule has 1 aromatic carbocycles. The van der Waals surface area contributed by atoms with Gasteiger partial charge >= 0.3 is 0 Å². The van der Waals surface area contributed by atoms with Crippen LogP contribution in [0.1, 0.15) is 12.8 Å². The number of rotatable bonds is 4. The standard InChI is InChI=1S/C12H14N3/c1-2-3-9-15-10-13-12(14-15)11-7-5-4-6-8-11/h4-8,10H,1-3,9H2. The zero-order valence-corrected chi connectivity index (χ0v) is 8.63. The predicted molar refractivity (Wildman–Crippen MR) is 60.0 cm³/mol. The summed E-state index contributed by atoms with van der Waals surface area (Å²) in [5.74, 6) is 0.791. The van der Waals surface area contributed by atoms with Crippen LogP contribution in [0.2, 0.25) is 0 Å². The van der Waals surface area contributed by atoms with E-state index in [2.05, 4.69) is 17.0 Å². The lowest BCUT2D eigenvalue weighted by atomic mass is 10.2. The van der Waals surface area contributed by atoms with Crippen LogP contribution in [-0.2, 0) is 6.54 Å². The average Bonchev–Trinajstić information content (AvgIpc) is 2.76. The highest BCUT2D eigenvalue weighted by molar-refractivity contribution is 5.53. The molecule has 1 heterocycles. The molecule has 3 nitrogen and oxygen atoms in total. The number of aromatic nitrogens is 3. The Kier molecular flexibility index (Phi) is 3.12. The van der Waals surface area contributed by atoms with E-state index in [0.717, 1.165) is 30.8 Å². The van der Waals surface area contributed by atoms with Crippen LogP contribution in [0, 0.1) is 6.92 Å². The minimum Gasteiger partial charge on any atom is -0.252 e. The Hall–Kier alpha value is -1.64. The molecule has 0 atom stereocenters. The molecule has 0 amide bonds. The molecule has 0 aliphatic rings. The molecule has 2 aromatic rings. The second-order valence-corrected chi connectivity index (χ2v) is 3.40. The maximum atomic E-state index is 4.40. The first-order valence-corrected chi connectivity index (χ1v) is 5.14. The lowest BCUT2D eigenvalue weighted by Crippen LogP contribution is -1.97. The summed E-state index contributed by atoms with van der Waals surface area (Å²) in [7, 11) is 0. The molecule has 0 saturated heterocycles. The zero-order chi connectivity index (χ0) is 10.5. The van der Waals surface area contributed by atoms with Gasteiger partial charge in [-0.3, -0.25) is 4.68 Å². The monoisotopic (exact) mass is 200 g/mol. The number of hydrogen-bond acceptors (Lipinski definition) is 2. The summed E-state index contributed by atoms with van der Waals surface area (Å²) in [6, 6.07) is 10.0. The Morgan fingerprint density at radius 2 is 2.00 bits per heavy atom. The highest BCUT2D eigenvalue weighted by atomic mass is 15.3. The Morgan fingerprint density at radius 3 is 2.73 bits per heavy atom. The van der Waals surface area contributed by atoms with Crippen molar-refractivity contribution in [3.05, 3.63) is 43.6 Å². The third-order valence-corrected chi connectivity index (χ3v) is 2.21. The van der Waals surface area contributed by atoms with Gasteiger partial charge in [0.25, 0.3) is 0 Å². The van der Waals surface area contributed by atoms with E-state index in [1.54, 1.807) is 6.33 Å². The van der Waals surface area contributed by atoms with Gasteiger partial charge in [0.1, 0.15) is 6.33 Å². The van der Waals surface area contributed by atoms with Crippen molar-refractivity contribution in [3.63, 3.8) is 0 Å². The van der Waals surface area contributed by atoms with E-state index >= 15 is 0 Å². The smallest absolute Gasteiger partial charge is 0.181 e. The number of benzene rings is 1. The van der Waals surface area contributed by atoms with E-state index in [9.17, 15) is 0 Å². The van der Waals surface area contributed by atoms with Crippen molar-refractivity contribution in [2.45, 2.75) is 19.4 Å². The van der Waals surface area contributed by atoms with Crippen LogP contribution in [0.3, 0.4) is 0 Å². The molecule has 0 N–H and O–H groups in total. The summed E-state index contributed by atoms with van der Waals surface area (Å²) in [6.07, 6.45) is 3.75. The van der Waals surface area contributed by atoms with E-state index < -0.39 is 0 Å². The van der Waals surface area contributed by atoms with Crippen LogP contribution in [0.5, 0.6) is 0 Å². The first-order chi connectivity index (χ1) is 7.40. The Bertz CT molecular complexity index is 406. The van der Waals surface area contributed by atoms with Crippen molar-refractivity contribution in [1.29, 1.82) is 0 Å². The van der Waals surface area contributed by atoms with Crippen molar-refractivity contribution in [2.24, 2.45) is 0 Å². The van der Waals surface area contributed by atoms with Gasteiger partial charge in [-0.05, 0) is 6.42 Å². The van der Waals surface area contributed by atoms with Gasteiger partial charge in [-0.15, -0.1) is 0 Å². The lowest BCUT2D eigenvalue weighted by Gasteiger charge is -1.96. The van der Waals surface area contributed by atoms with E-state index in [-0.39, 0.29) is 0 Å². The molecule has 0 unspecified atom stereocenters. The fourth-order valence-electron chi connectivity index (χ4n) is 1.40. The molecular formula is C12H14N3. The molecule has 3 heteroatoms. The number of aryl methyl sites for hydroxylation is 1. The van der Waals surface area contributed by atoms with Gasteiger partial charge in [0.05, 0.1) is 0 Å². The van der Waals surface area contributed by atoms with Crippen LogP contribution >= 0.6 is 0 Å². The molecule has 2 rings (SSSR count). The van der Waals surface area contributed by atoms with E-state index in [1.165, 1.54) is 0 Å². The van der Waals surface area contributed by atoms with Crippen molar-refractivity contribution in [2.75, 3.05) is 0 Å². The normalized spacial score (nSPS) is 10.5. The first-order valence-electron chi connectivity index (χ1n) is 5.14. The maximum absolute atomic E-state index is 4.40. The topological polar surface area (TPSA) is 30.7 Å². The number of hydrogen-bond donors (Lipinski definition) is 0. The molecular weight excluding hydrogens is 186 g/mol. The Balaban J connectivity index is 2.14. The summed E-state index contributed by atoms with van der Waals surface area (Å²) >= 11 is 0. The third kappa shape index (κ3) is 2.43. The summed E-state index contributed by atoms with van der Waals surface area (Å²) in [5.41, 5.74) is 1.06. The lowest BCUT2D eigenvalue weighted by molar-refractivity contribution is 0.582. The number of unbranched alkanes of at least 4 members (excludes halogenated alkanes) is 1. The highest BCUT2D eigenvalue weighted by Gasteiger charge is 2.02. The van der Waals surface area contributed by atoms with Gasteiger partial charge in [0.15, 0.2) is 5.82 Å². The van der Waals surface area contributed by atoms with Crippen molar-refractivity contribution in [1.82, 2.24) is 14.8 Å². The van der Waals surface area contributed by atoms with Crippen molar-refractivity contribution >= 4 is 0 Å². The SMILES string of the molecule is [CH2]CCCn1cnc(-c2ccccc2)n1. The number of nitrogens with zero attached hydrogens (tertiary/aromatic N) is 3. The molecule has 0 aliphatic carbocycles. The van der Waals surface area contributed by atoms with Crippen LogP contribution < -0.4 is 0 Å². The second kappa shape index (κ2) is 4.73. The molecule has 0 fully saturated rings. The van der Waals surface area contributed by atoms with Gasteiger partial charge in [-0.2, -0.15) is 5.10 Å².